The standard InChI is InChI=1S/C28H19O4P.Na/c29-33(30,31-27-23-13-5-1-9-19(23)17-20-10-2-6-14-24(20)27)32-28-25-15-7-3-11-21(25)18-22-12-4-8-16-26(22)28;/h1-18H,(H,29,30);/q;+1/p-1. The van der Waals surface area contributed by atoms with E-state index >= 15 is 0 Å². The third-order valence-corrected chi connectivity index (χ3v) is 6.66. The monoisotopic (exact) mass is 472 g/mol. The molecule has 0 atom stereocenters. The van der Waals surface area contributed by atoms with E-state index in [0.29, 0.717) is 21.5 Å². The van der Waals surface area contributed by atoms with Crippen molar-refractivity contribution in [2.24, 2.45) is 0 Å². The fraction of sp³-hybridized carbons (Fsp3) is 0. The molecule has 34 heavy (non-hydrogen) atoms. The molecule has 0 radical (unpaired) electrons. The van der Waals surface area contributed by atoms with Crippen molar-refractivity contribution in [3.05, 3.63) is 109 Å². The molecular weight excluding hydrogens is 454 g/mol. The number of benzene rings is 6. The number of hydrogen-bond acceptors (Lipinski definition) is 4. The molecule has 0 bridgehead atoms. The summed E-state index contributed by atoms with van der Waals surface area (Å²) in [5, 5.41) is 6.39. The number of rotatable bonds is 4. The van der Waals surface area contributed by atoms with Gasteiger partial charge >= 0.3 is 37.4 Å². The van der Waals surface area contributed by atoms with E-state index in [2.05, 4.69) is 0 Å². The van der Waals surface area contributed by atoms with Gasteiger partial charge in [-0.05, 0) is 33.7 Å². The van der Waals surface area contributed by atoms with Crippen LogP contribution in [0.15, 0.2) is 109 Å². The van der Waals surface area contributed by atoms with Gasteiger partial charge in [0.25, 0.3) is 0 Å². The Kier molecular flexibility index (Phi) is 6.11. The van der Waals surface area contributed by atoms with Gasteiger partial charge in [0, 0.05) is 21.5 Å². The van der Waals surface area contributed by atoms with E-state index in [4.69, 9.17) is 9.05 Å². The molecule has 160 valence electrons. The van der Waals surface area contributed by atoms with Gasteiger partial charge in [0.05, 0.1) is 0 Å². The van der Waals surface area contributed by atoms with Crippen LogP contribution in [0.4, 0.5) is 0 Å². The van der Waals surface area contributed by atoms with Crippen LogP contribution in [0.2, 0.25) is 0 Å². The Labute approximate surface area is 218 Å². The molecule has 0 spiro atoms. The van der Waals surface area contributed by atoms with Crippen LogP contribution in [0, 0.1) is 0 Å². The van der Waals surface area contributed by atoms with E-state index in [1.54, 1.807) is 0 Å². The largest absolute Gasteiger partial charge is 1.00 e. The molecule has 0 heterocycles. The van der Waals surface area contributed by atoms with Gasteiger partial charge < -0.3 is 13.9 Å². The van der Waals surface area contributed by atoms with E-state index in [1.165, 1.54) is 0 Å². The van der Waals surface area contributed by atoms with Crippen LogP contribution in [0.25, 0.3) is 43.1 Å². The zero-order valence-corrected chi connectivity index (χ0v) is 21.4. The molecule has 0 fully saturated rings. The molecule has 0 unspecified atom stereocenters. The summed E-state index contributed by atoms with van der Waals surface area (Å²) in [7, 11) is -4.80. The Hall–Kier alpha value is -2.85. The fourth-order valence-electron chi connectivity index (χ4n) is 4.38. The fourth-order valence-corrected chi connectivity index (χ4v) is 5.26. The van der Waals surface area contributed by atoms with Crippen molar-refractivity contribution in [3.8, 4) is 11.5 Å². The van der Waals surface area contributed by atoms with Crippen LogP contribution in [0.3, 0.4) is 0 Å². The average molecular weight is 472 g/mol. The first-order valence-electron chi connectivity index (χ1n) is 10.6. The third kappa shape index (κ3) is 4.09. The van der Waals surface area contributed by atoms with Gasteiger partial charge in [-0.15, -0.1) is 0 Å². The quantitative estimate of drug-likeness (QED) is 0.219. The van der Waals surface area contributed by atoms with Gasteiger partial charge in [-0.3, -0.25) is 0 Å². The molecule has 0 amide bonds. The van der Waals surface area contributed by atoms with Crippen LogP contribution in [0.1, 0.15) is 0 Å². The van der Waals surface area contributed by atoms with Crippen molar-refractivity contribution >= 4 is 50.9 Å². The smallest absolute Gasteiger partial charge is 0.736 e. The van der Waals surface area contributed by atoms with Crippen LogP contribution < -0.4 is 43.5 Å². The summed E-state index contributed by atoms with van der Waals surface area (Å²) in [6.07, 6.45) is 0. The van der Waals surface area contributed by atoms with E-state index in [1.807, 2.05) is 109 Å². The van der Waals surface area contributed by atoms with Crippen molar-refractivity contribution in [3.63, 3.8) is 0 Å². The molecule has 6 aromatic carbocycles. The van der Waals surface area contributed by atoms with E-state index in [9.17, 15) is 9.46 Å². The third-order valence-electron chi connectivity index (χ3n) is 5.85. The van der Waals surface area contributed by atoms with Crippen molar-refractivity contribution in [1.82, 2.24) is 0 Å². The van der Waals surface area contributed by atoms with Crippen molar-refractivity contribution in [1.29, 1.82) is 0 Å². The summed E-state index contributed by atoms with van der Waals surface area (Å²) >= 11 is 0. The zero-order chi connectivity index (χ0) is 22.4. The van der Waals surface area contributed by atoms with Crippen LogP contribution in [-0.2, 0) is 4.57 Å². The van der Waals surface area contributed by atoms with Crippen molar-refractivity contribution < 1.29 is 48.1 Å². The maximum absolute atomic E-state index is 13.3. The summed E-state index contributed by atoms with van der Waals surface area (Å²) in [5.41, 5.74) is 0. The second-order valence-corrected chi connectivity index (χ2v) is 9.19. The average Bonchev–Trinajstić information content (AvgIpc) is 2.83. The molecule has 6 heteroatoms. The second kappa shape index (κ2) is 9.07. The maximum Gasteiger partial charge on any atom is 1.00 e. The summed E-state index contributed by atoms with van der Waals surface area (Å²) in [6.45, 7) is 0. The minimum Gasteiger partial charge on any atom is -0.736 e. The van der Waals surface area contributed by atoms with Crippen molar-refractivity contribution in [2.45, 2.75) is 0 Å². The Morgan fingerprint density at radius 1 is 0.500 bits per heavy atom. The van der Waals surface area contributed by atoms with Crippen LogP contribution in [0.5, 0.6) is 11.5 Å². The Morgan fingerprint density at radius 3 is 1.06 bits per heavy atom. The molecule has 0 aromatic heterocycles. The number of hydrogen-bond donors (Lipinski definition) is 0. The number of phosphoric acid groups is 1. The Morgan fingerprint density at radius 2 is 0.765 bits per heavy atom. The van der Waals surface area contributed by atoms with Crippen LogP contribution >= 0.6 is 7.82 Å². The summed E-state index contributed by atoms with van der Waals surface area (Å²) in [4.78, 5) is 13.3. The first-order chi connectivity index (χ1) is 16.1. The SMILES string of the molecule is O=P([O-])(Oc1c2ccccc2cc2ccccc12)Oc1c2ccccc2cc2ccccc12.[Na+]. The minimum atomic E-state index is -4.80. The molecule has 4 nitrogen and oxygen atoms in total. The molecule has 6 aromatic rings. The van der Waals surface area contributed by atoms with Crippen molar-refractivity contribution in [2.75, 3.05) is 0 Å². The molecule has 0 aliphatic heterocycles. The Bertz CT molecular complexity index is 1500. The summed E-state index contributed by atoms with van der Waals surface area (Å²) in [6, 6.07) is 34.3. The minimum absolute atomic E-state index is 0. The number of fused-ring (bicyclic) bond motifs is 4. The second-order valence-electron chi connectivity index (χ2n) is 7.93. The number of phosphoric ester groups is 1. The predicted molar refractivity (Wildman–Crippen MR) is 132 cm³/mol. The summed E-state index contributed by atoms with van der Waals surface area (Å²) < 4.78 is 24.7. The molecular formula is C28H18NaO4P. The molecule has 0 saturated heterocycles. The topological polar surface area (TPSA) is 58.6 Å². The van der Waals surface area contributed by atoms with Gasteiger partial charge in [-0.1, -0.05) is 97.1 Å². The molecule has 0 aliphatic rings. The van der Waals surface area contributed by atoms with Gasteiger partial charge in [-0.25, -0.2) is 4.57 Å². The van der Waals surface area contributed by atoms with Gasteiger partial charge in [-0.2, -0.15) is 0 Å². The predicted octanol–water partition coefficient (Wildman–Crippen LogP) is 4.23. The van der Waals surface area contributed by atoms with Crippen LogP contribution in [-0.4, -0.2) is 0 Å². The zero-order valence-electron chi connectivity index (χ0n) is 18.5. The molecule has 0 saturated carbocycles. The first kappa shape index (κ1) is 22.9. The van der Waals surface area contributed by atoms with E-state index in [0.717, 1.165) is 21.5 Å². The van der Waals surface area contributed by atoms with Gasteiger partial charge in [0.1, 0.15) is 11.5 Å². The molecule has 0 N–H and O–H groups in total. The summed E-state index contributed by atoms with van der Waals surface area (Å²) in [5.74, 6) is 0.540. The Balaban J connectivity index is 0.00000241. The molecule has 6 rings (SSSR count). The maximum atomic E-state index is 13.3. The van der Waals surface area contributed by atoms with Gasteiger partial charge in [0.15, 0.2) is 0 Å². The van der Waals surface area contributed by atoms with E-state index < -0.39 is 7.82 Å². The first-order valence-corrected chi connectivity index (χ1v) is 12.1. The normalized spacial score (nSPS) is 11.6. The van der Waals surface area contributed by atoms with Gasteiger partial charge in [0.2, 0.25) is 0 Å². The molecule has 0 aliphatic carbocycles. The van der Waals surface area contributed by atoms with E-state index in [-0.39, 0.29) is 41.1 Å².